The molecule has 0 aromatic rings. The van der Waals surface area contributed by atoms with Gasteiger partial charge in [0, 0.05) is 24.8 Å². The van der Waals surface area contributed by atoms with Crippen molar-refractivity contribution in [2.75, 3.05) is 26.2 Å². The predicted molar refractivity (Wildman–Crippen MR) is 125 cm³/mol. The Bertz CT molecular complexity index is 630. The third-order valence-corrected chi connectivity index (χ3v) is 5.90. The molecule has 1 saturated heterocycles. The van der Waals surface area contributed by atoms with Crippen LogP contribution in [0.2, 0.25) is 0 Å². The minimum atomic E-state index is -0.440. The van der Waals surface area contributed by atoms with E-state index in [4.69, 9.17) is 15.0 Å². The Kier molecular flexibility index (Phi) is 10.3. The summed E-state index contributed by atoms with van der Waals surface area (Å²) in [7, 11) is -0.440. The summed E-state index contributed by atoms with van der Waals surface area (Å²) in [6.45, 7) is 19.7. The summed E-state index contributed by atoms with van der Waals surface area (Å²) < 4.78 is 12.5. The molecule has 1 aliphatic heterocycles. The number of rotatable bonds is 12. The minimum Gasteiger partial charge on any atom is -0.399 e. The molecule has 1 rings (SSSR count). The lowest BCUT2D eigenvalue weighted by Crippen LogP contribution is -2.47. The van der Waals surface area contributed by atoms with Gasteiger partial charge in [-0.3, -0.25) is 9.79 Å². The molecule has 3 N–H and O–H groups in total. The number of hydrogen-bond donors (Lipinski definition) is 2. The minimum absolute atomic E-state index is 0.0204. The summed E-state index contributed by atoms with van der Waals surface area (Å²) in [6, 6.07) is 0.0507. The third-order valence-electron chi connectivity index (χ3n) is 5.90. The summed E-state index contributed by atoms with van der Waals surface area (Å²) in [5.74, 6) is -0.0395. The number of nitrogens with one attached hydrogen (secondary N) is 1. The lowest BCUT2D eigenvalue weighted by atomic mass is 9.77. The zero-order valence-electron chi connectivity index (χ0n) is 20.0. The SMILES string of the molecule is C=NC/C(=C\C(=C/CC)B1OC(C)(C)C(C)(C)O1)NCC(CC)N(CC)C(=O)CN. The van der Waals surface area contributed by atoms with E-state index in [0.717, 1.165) is 24.0 Å². The first kappa shape index (κ1) is 26.4. The lowest BCUT2D eigenvalue weighted by molar-refractivity contribution is -0.131. The zero-order valence-corrected chi connectivity index (χ0v) is 20.0. The Morgan fingerprint density at radius 2 is 1.83 bits per heavy atom. The van der Waals surface area contributed by atoms with Gasteiger partial charge >= 0.3 is 7.12 Å². The topological polar surface area (TPSA) is 89.2 Å². The van der Waals surface area contributed by atoms with Crippen molar-refractivity contribution in [2.45, 2.75) is 78.6 Å². The number of carbonyl (C=O) groups is 1. The van der Waals surface area contributed by atoms with Crippen LogP contribution in [-0.2, 0) is 14.1 Å². The van der Waals surface area contributed by atoms with Crippen LogP contribution in [0.4, 0.5) is 0 Å². The van der Waals surface area contributed by atoms with Gasteiger partial charge in [-0.25, -0.2) is 0 Å². The number of hydrogen-bond acceptors (Lipinski definition) is 6. The molecule has 0 spiro atoms. The number of aliphatic imine (C=N–C) groups is 1. The maximum absolute atomic E-state index is 12.2. The van der Waals surface area contributed by atoms with E-state index in [-0.39, 0.29) is 18.5 Å². The number of nitrogens with zero attached hydrogens (tertiary/aromatic N) is 2. The van der Waals surface area contributed by atoms with Crippen LogP contribution in [0, 0.1) is 0 Å². The molecule has 0 aromatic carbocycles. The van der Waals surface area contributed by atoms with Gasteiger partial charge in [-0.05, 0) is 65.7 Å². The molecule has 8 heteroatoms. The molecule has 170 valence electrons. The summed E-state index contributed by atoms with van der Waals surface area (Å²) in [6.07, 6.45) is 5.84. The highest BCUT2D eigenvalue weighted by molar-refractivity contribution is 6.55. The van der Waals surface area contributed by atoms with Gasteiger partial charge in [-0.15, -0.1) is 0 Å². The Morgan fingerprint density at radius 1 is 1.23 bits per heavy atom. The van der Waals surface area contributed by atoms with Crippen LogP contribution in [0.15, 0.2) is 28.3 Å². The van der Waals surface area contributed by atoms with E-state index < -0.39 is 18.3 Å². The highest BCUT2D eigenvalue weighted by Gasteiger charge is 2.52. The van der Waals surface area contributed by atoms with Crippen LogP contribution < -0.4 is 11.1 Å². The molecule has 30 heavy (non-hydrogen) atoms. The van der Waals surface area contributed by atoms with E-state index in [1.54, 1.807) is 0 Å². The maximum atomic E-state index is 12.2. The molecule has 1 heterocycles. The highest BCUT2D eigenvalue weighted by Crippen LogP contribution is 2.38. The summed E-state index contributed by atoms with van der Waals surface area (Å²) in [5, 5.41) is 3.46. The van der Waals surface area contributed by atoms with Crippen LogP contribution in [0.1, 0.15) is 61.3 Å². The van der Waals surface area contributed by atoms with Gasteiger partial charge < -0.3 is 25.3 Å². The molecular weight excluding hydrogens is 379 g/mol. The molecule has 0 aromatic heterocycles. The van der Waals surface area contributed by atoms with E-state index >= 15 is 0 Å². The Balaban J connectivity index is 3.04. The molecule has 0 saturated carbocycles. The second-order valence-corrected chi connectivity index (χ2v) is 8.58. The fourth-order valence-corrected chi connectivity index (χ4v) is 3.39. The fraction of sp³-hybridized carbons (Fsp3) is 0.727. The van der Waals surface area contributed by atoms with Gasteiger partial charge in [0.1, 0.15) is 0 Å². The van der Waals surface area contributed by atoms with E-state index in [1.165, 1.54) is 0 Å². The maximum Gasteiger partial charge on any atom is 0.494 e. The lowest BCUT2D eigenvalue weighted by Gasteiger charge is -2.32. The number of allylic oxidation sites excluding steroid dienone is 3. The monoisotopic (exact) mass is 420 g/mol. The molecule has 7 nitrogen and oxygen atoms in total. The molecule has 0 aliphatic carbocycles. The number of nitrogens with two attached hydrogens (primary N) is 1. The first-order valence-corrected chi connectivity index (χ1v) is 11.0. The first-order chi connectivity index (χ1) is 14.1. The Labute approximate surface area is 183 Å². The van der Waals surface area contributed by atoms with E-state index in [0.29, 0.717) is 19.6 Å². The number of likely N-dealkylation sites (N-methyl/N-ethyl adjacent to an activating group) is 1. The summed E-state index contributed by atoms with van der Waals surface area (Å²) >= 11 is 0. The first-order valence-electron chi connectivity index (χ1n) is 11.0. The van der Waals surface area contributed by atoms with Gasteiger partial charge in [-0.2, -0.15) is 0 Å². The van der Waals surface area contributed by atoms with Gasteiger partial charge in [0.25, 0.3) is 0 Å². The zero-order chi connectivity index (χ0) is 22.9. The van der Waals surface area contributed by atoms with Gasteiger partial charge in [0.05, 0.1) is 24.3 Å². The van der Waals surface area contributed by atoms with Crippen molar-refractivity contribution in [3.8, 4) is 0 Å². The molecular formula is C22H41BN4O3. The normalized spacial score (nSPS) is 19.5. The molecule has 1 aliphatic rings. The van der Waals surface area contributed by atoms with Crippen molar-refractivity contribution in [1.29, 1.82) is 0 Å². The number of amides is 1. The Hall–Kier alpha value is -1.64. The second-order valence-electron chi connectivity index (χ2n) is 8.58. The molecule has 1 fully saturated rings. The van der Waals surface area contributed by atoms with Crippen molar-refractivity contribution in [3.05, 3.63) is 23.3 Å². The van der Waals surface area contributed by atoms with Gasteiger partial charge in [0.2, 0.25) is 5.91 Å². The summed E-state index contributed by atoms with van der Waals surface area (Å²) in [4.78, 5) is 18.0. The van der Waals surface area contributed by atoms with E-state index in [9.17, 15) is 4.79 Å². The quantitative estimate of drug-likeness (QED) is 0.288. The molecule has 1 atom stereocenters. The van der Waals surface area contributed by atoms with E-state index in [2.05, 4.69) is 37.0 Å². The van der Waals surface area contributed by atoms with Gasteiger partial charge in [0.15, 0.2) is 0 Å². The number of carbonyl (C=O) groups excluding carboxylic acids is 1. The van der Waals surface area contributed by atoms with Crippen molar-refractivity contribution in [3.63, 3.8) is 0 Å². The predicted octanol–water partition coefficient (Wildman–Crippen LogP) is 2.71. The van der Waals surface area contributed by atoms with Crippen molar-refractivity contribution < 1.29 is 14.1 Å². The third kappa shape index (κ3) is 6.69. The fourth-order valence-electron chi connectivity index (χ4n) is 3.39. The highest BCUT2D eigenvalue weighted by atomic mass is 16.7. The van der Waals surface area contributed by atoms with Crippen molar-refractivity contribution >= 4 is 19.7 Å². The summed E-state index contributed by atoms with van der Waals surface area (Å²) in [5.41, 5.74) is 6.64. The second kappa shape index (κ2) is 11.7. The average molecular weight is 420 g/mol. The smallest absolute Gasteiger partial charge is 0.399 e. The van der Waals surface area contributed by atoms with Crippen LogP contribution in [0.3, 0.4) is 0 Å². The van der Waals surface area contributed by atoms with Crippen LogP contribution in [-0.4, -0.2) is 68.1 Å². The largest absolute Gasteiger partial charge is 0.494 e. The Morgan fingerprint density at radius 3 is 2.27 bits per heavy atom. The van der Waals surface area contributed by atoms with Crippen LogP contribution in [0.5, 0.6) is 0 Å². The molecule has 1 amide bonds. The van der Waals surface area contributed by atoms with Crippen molar-refractivity contribution in [1.82, 2.24) is 10.2 Å². The standard InChI is InChI=1S/C22H41BN4O3/c1-9-12-17(23-29-21(4,5)22(6,7)30-23)13-18(15-25-8)26-16-19(10-2)27(11-3)20(28)14-24/h12-13,19,26H,8-11,14-16,24H2,1-7H3/b17-12+,18-13+. The van der Waals surface area contributed by atoms with E-state index in [1.807, 2.05) is 45.6 Å². The van der Waals surface area contributed by atoms with Gasteiger partial charge in [-0.1, -0.05) is 19.9 Å². The van der Waals surface area contributed by atoms with Crippen LogP contribution >= 0.6 is 0 Å². The van der Waals surface area contributed by atoms with Crippen molar-refractivity contribution in [2.24, 2.45) is 10.7 Å². The average Bonchev–Trinajstić information content (AvgIpc) is 2.91. The molecule has 0 radical (unpaired) electrons. The molecule has 0 bridgehead atoms. The van der Waals surface area contributed by atoms with Crippen LogP contribution in [0.25, 0.3) is 0 Å². The molecule has 1 unspecified atom stereocenters.